The monoisotopic (exact) mass is 240 g/mol. The van der Waals surface area contributed by atoms with Crippen LogP contribution in [0.4, 0.5) is 5.69 Å². The molecule has 0 saturated carbocycles. The summed E-state index contributed by atoms with van der Waals surface area (Å²) in [5.74, 6) is 0. The first-order valence-electron chi connectivity index (χ1n) is 4.75. The fourth-order valence-corrected chi connectivity index (χ4v) is 2.11. The van der Waals surface area contributed by atoms with E-state index in [9.17, 15) is 13.5 Å². The van der Waals surface area contributed by atoms with E-state index in [1.807, 2.05) is 0 Å². The summed E-state index contributed by atoms with van der Waals surface area (Å²) in [7, 11) is -3.16. The third-order valence-electron chi connectivity index (χ3n) is 2.33. The van der Waals surface area contributed by atoms with E-state index in [0.29, 0.717) is 6.54 Å². The Balaban J connectivity index is 2.24. The van der Waals surface area contributed by atoms with Crippen LogP contribution in [0.15, 0.2) is 34.2 Å². The molecule has 1 N–H and O–H groups in total. The van der Waals surface area contributed by atoms with Crippen LogP contribution in [0.2, 0.25) is 0 Å². The van der Waals surface area contributed by atoms with Gasteiger partial charge in [0.25, 0.3) is 0 Å². The van der Waals surface area contributed by atoms with Gasteiger partial charge in [-0.25, -0.2) is 13.4 Å². The normalized spacial score (nSPS) is 20.4. The summed E-state index contributed by atoms with van der Waals surface area (Å²) in [6.07, 6.45) is 2.01. The zero-order valence-electron chi connectivity index (χ0n) is 8.74. The average Bonchev–Trinajstić information content (AvgIpc) is 2.64. The van der Waals surface area contributed by atoms with Gasteiger partial charge < -0.3 is 10.0 Å². The number of aliphatic hydroxyl groups is 1. The minimum Gasteiger partial charge on any atom is -0.370 e. The highest BCUT2D eigenvalue weighted by molar-refractivity contribution is 7.90. The van der Waals surface area contributed by atoms with E-state index in [1.54, 1.807) is 35.5 Å². The maximum Gasteiger partial charge on any atom is 0.175 e. The summed E-state index contributed by atoms with van der Waals surface area (Å²) < 4.78 is 22.5. The van der Waals surface area contributed by atoms with Crippen molar-refractivity contribution in [2.45, 2.75) is 11.1 Å². The molecule has 0 radical (unpaired) electrons. The van der Waals surface area contributed by atoms with Crippen LogP contribution in [-0.4, -0.2) is 38.9 Å². The maximum absolute atomic E-state index is 11.2. The first kappa shape index (κ1) is 11.1. The predicted octanol–water partition coefficient (Wildman–Crippen LogP) is 0.257. The van der Waals surface area contributed by atoms with Crippen molar-refractivity contribution < 1.29 is 13.5 Å². The first-order chi connectivity index (χ1) is 7.47. The molecule has 1 aliphatic rings. The van der Waals surface area contributed by atoms with Gasteiger partial charge in [-0.15, -0.1) is 0 Å². The number of benzene rings is 1. The summed E-state index contributed by atoms with van der Waals surface area (Å²) in [6, 6.07) is 6.48. The lowest BCUT2D eigenvalue weighted by molar-refractivity contribution is 0.202. The molecule has 1 aromatic rings. The van der Waals surface area contributed by atoms with Crippen molar-refractivity contribution >= 4 is 21.9 Å². The van der Waals surface area contributed by atoms with E-state index in [4.69, 9.17) is 0 Å². The second kappa shape index (κ2) is 3.88. The van der Waals surface area contributed by atoms with Crippen LogP contribution in [0.1, 0.15) is 0 Å². The van der Waals surface area contributed by atoms with E-state index >= 15 is 0 Å². The van der Waals surface area contributed by atoms with E-state index in [2.05, 4.69) is 4.99 Å². The zero-order valence-corrected chi connectivity index (χ0v) is 9.55. The average molecular weight is 240 g/mol. The molecule has 0 fully saturated rings. The SMILES string of the molecule is CS(=O)(=O)c1ccc(N2C=NC(O)C2)cc1. The molecule has 1 heterocycles. The first-order valence-corrected chi connectivity index (χ1v) is 6.64. The second-order valence-electron chi connectivity index (χ2n) is 3.66. The highest BCUT2D eigenvalue weighted by Gasteiger charge is 2.16. The Labute approximate surface area is 94.0 Å². The van der Waals surface area contributed by atoms with Crippen LogP contribution in [0.25, 0.3) is 0 Å². The fourth-order valence-electron chi connectivity index (χ4n) is 1.48. The molecule has 6 heteroatoms. The molecule has 16 heavy (non-hydrogen) atoms. The number of hydrogen-bond donors (Lipinski definition) is 1. The van der Waals surface area contributed by atoms with E-state index < -0.39 is 16.1 Å². The van der Waals surface area contributed by atoms with Gasteiger partial charge in [0, 0.05) is 11.9 Å². The van der Waals surface area contributed by atoms with Gasteiger partial charge in [0.05, 0.1) is 17.8 Å². The topological polar surface area (TPSA) is 70.0 Å². The Morgan fingerprint density at radius 3 is 2.44 bits per heavy atom. The molecule has 1 aromatic carbocycles. The number of nitrogens with zero attached hydrogens (tertiary/aromatic N) is 2. The maximum atomic E-state index is 11.2. The molecule has 0 saturated heterocycles. The molecule has 2 rings (SSSR count). The zero-order chi connectivity index (χ0) is 11.8. The van der Waals surface area contributed by atoms with Crippen molar-refractivity contribution in [3.63, 3.8) is 0 Å². The number of aliphatic hydroxyl groups excluding tert-OH is 1. The Bertz CT molecular complexity index is 507. The number of β-amino-alcohol motifs (C(OH)–C–C–N with tert-alkyl or cyclic N) is 1. The van der Waals surface area contributed by atoms with Gasteiger partial charge in [-0.2, -0.15) is 0 Å². The van der Waals surface area contributed by atoms with Gasteiger partial charge in [-0.1, -0.05) is 0 Å². The molecule has 0 amide bonds. The van der Waals surface area contributed by atoms with Crippen molar-refractivity contribution in [2.24, 2.45) is 4.99 Å². The Morgan fingerprint density at radius 1 is 1.38 bits per heavy atom. The third kappa shape index (κ3) is 2.23. The van der Waals surface area contributed by atoms with Crippen LogP contribution in [0, 0.1) is 0 Å². The molecule has 1 unspecified atom stereocenters. The number of anilines is 1. The third-order valence-corrected chi connectivity index (χ3v) is 3.46. The molecule has 0 aromatic heterocycles. The Hall–Kier alpha value is -1.40. The minimum absolute atomic E-state index is 0.285. The lowest BCUT2D eigenvalue weighted by Crippen LogP contribution is -2.22. The number of rotatable bonds is 2. The molecule has 0 aliphatic carbocycles. The molecule has 1 atom stereocenters. The standard InChI is InChI=1S/C10H12N2O3S/c1-16(14,15)9-4-2-8(3-5-9)12-6-10(13)11-7-12/h2-5,7,10,13H,6H2,1H3. The summed E-state index contributed by atoms with van der Waals surface area (Å²) in [5, 5.41) is 9.21. The van der Waals surface area contributed by atoms with Crippen LogP contribution < -0.4 is 4.90 Å². The largest absolute Gasteiger partial charge is 0.370 e. The van der Waals surface area contributed by atoms with Crippen molar-refractivity contribution in [3.05, 3.63) is 24.3 Å². The summed E-state index contributed by atoms with van der Waals surface area (Å²) in [5.41, 5.74) is 0.813. The van der Waals surface area contributed by atoms with Gasteiger partial charge in [-0.3, -0.25) is 0 Å². The molecule has 5 nitrogen and oxygen atoms in total. The smallest absolute Gasteiger partial charge is 0.175 e. The lowest BCUT2D eigenvalue weighted by Gasteiger charge is -2.14. The predicted molar refractivity (Wildman–Crippen MR) is 61.4 cm³/mol. The minimum atomic E-state index is -3.16. The summed E-state index contributed by atoms with van der Waals surface area (Å²) in [6.45, 7) is 0.401. The summed E-state index contributed by atoms with van der Waals surface area (Å²) >= 11 is 0. The Kier molecular flexibility index (Phi) is 2.69. The number of sulfone groups is 1. The van der Waals surface area contributed by atoms with E-state index in [1.165, 1.54) is 6.26 Å². The molecule has 86 valence electrons. The van der Waals surface area contributed by atoms with Crippen LogP contribution >= 0.6 is 0 Å². The molecular formula is C10H12N2O3S. The van der Waals surface area contributed by atoms with E-state index in [0.717, 1.165) is 5.69 Å². The molecule has 0 bridgehead atoms. The van der Waals surface area contributed by atoms with Crippen molar-refractivity contribution in [3.8, 4) is 0 Å². The Morgan fingerprint density at radius 2 is 2.00 bits per heavy atom. The van der Waals surface area contributed by atoms with Crippen LogP contribution in [0.5, 0.6) is 0 Å². The van der Waals surface area contributed by atoms with Crippen molar-refractivity contribution in [1.29, 1.82) is 0 Å². The molecule has 1 aliphatic heterocycles. The fraction of sp³-hybridized carbons (Fsp3) is 0.300. The highest BCUT2D eigenvalue weighted by atomic mass is 32.2. The quantitative estimate of drug-likeness (QED) is 0.805. The summed E-state index contributed by atoms with van der Waals surface area (Å²) in [4.78, 5) is 5.85. The van der Waals surface area contributed by atoms with Gasteiger partial charge in [0.1, 0.15) is 0 Å². The number of hydrogen-bond acceptors (Lipinski definition) is 5. The highest BCUT2D eigenvalue weighted by Crippen LogP contribution is 2.19. The van der Waals surface area contributed by atoms with Gasteiger partial charge in [0.15, 0.2) is 16.1 Å². The number of aliphatic imine (C=N–C) groups is 1. The van der Waals surface area contributed by atoms with Crippen molar-refractivity contribution in [1.82, 2.24) is 0 Å². The van der Waals surface area contributed by atoms with Crippen molar-refractivity contribution in [2.75, 3.05) is 17.7 Å². The van der Waals surface area contributed by atoms with Crippen LogP contribution in [-0.2, 0) is 9.84 Å². The molecule has 0 spiro atoms. The van der Waals surface area contributed by atoms with Gasteiger partial charge in [-0.05, 0) is 24.3 Å². The van der Waals surface area contributed by atoms with Gasteiger partial charge in [0.2, 0.25) is 0 Å². The van der Waals surface area contributed by atoms with E-state index in [-0.39, 0.29) is 4.90 Å². The van der Waals surface area contributed by atoms with Gasteiger partial charge >= 0.3 is 0 Å². The second-order valence-corrected chi connectivity index (χ2v) is 5.68. The van der Waals surface area contributed by atoms with Crippen LogP contribution in [0.3, 0.4) is 0 Å². The lowest BCUT2D eigenvalue weighted by atomic mass is 10.3. The molecular weight excluding hydrogens is 228 g/mol.